The van der Waals surface area contributed by atoms with Crippen molar-refractivity contribution in [1.82, 2.24) is 4.98 Å². The summed E-state index contributed by atoms with van der Waals surface area (Å²) in [6.07, 6.45) is 0. The smallest absolute Gasteiger partial charge is 0.272 e. The predicted octanol–water partition coefficient (Wildman–Crippen LogP) is 2.94. The van der Waals surface area contributed by atoms with Crippen molar-refractivity contribution in [1.29, 1.82) is 0 Å². The molecule has 2 aromatic carbocycles. The number of rotatable bonds is 5. The number of H-pyrrole nitrogens is 1. The van der Waals surface area contributed by atoms with Gasteiger partial charge in [0.2, 0.25) is 0 Å². The number of hydrogen-bond acceptors (Lipinski definition) is 3. The zero-order valence-electron chi connectivity index (χ0n) is 12.5. The van der Waals surface area contributed by atoms with Crippen LogP contribution in [-0.4, -0.2) is 23.4 Å². The zero-order valence-corrected chi connectivity index (χ0v) is 13.3. The summed E-state index contributed by atoms with van der Waals surface area (Å²) in [4.78, 5) is 26.0. The highest BCUT2D eigenvalue weighted by atomic mass is 35.5. The maximum atomic E-state index is 12.3. The number of aromatic amines is 1. The molecule has 0 aliphatic rings. The van der Waals surface area contributed by atoms with Gasteiger partial charge >= 0.3 is 0 Å². The molecule has 0 saturated carbocycles. The molecule has 3 rings (SSSR count). The van der Waals surface area contributed by atoms with Crippen molar-refractivity contribution in [3.63, 3.8) is 0 Å². The van der Waals surface area contributed by atoms with E-state index in [0.29, 0.717) is 22.2 Å². The number of benzene rings is 2. The zero-order chi connectivity index (χ0) is 17.1. The van der Waals surface area contributed by atoms with Crippen LogP contribution in [0.15, 0.2) is 48.5 Å². The van der Waals surface area contributed by atoms with Crippen LogP contribution in [0, 0.1) is 0 Å². The Morgan fingerprint density at radius 3 is 2.58 bits per heavy atom. The Bertz CT molecular complexity index is 903. The molecule has 7 heteroatoms. The molecule has 1 heterocycles. The molecule has 0 aliphatic carbocycles. The maximum absolute atomic E-state index is 12.3. The first-order valence-electron chi connectivity index (χ1n) is 7.12. The Morgan fingerprint density at radius 1 is 1.12 bits per heavy atom. The average molecular weight is 344 g/mol. The molecule has 0 fully saturated rings. The lowest BCUT2D eigenvalue weighted by molar-refractivity contribution is -0.119. The van der Waals surface area contributed by atoms with E-state index in [2.05, 4.69) is 10.3 Å². The minimum absolute atomic E-state index is 0.191. The lowest BCUT2D eigenvalue weighted by atomic mass is 10.2. The van der Waals surface area contributed by atoms with Gasteiger partial charge in [0.1, 0.15) is 11.4 Å². The lowest BCUT2D eigenvalue weighted by Crippen LogP contribution is -2.20. The van der Waals surface area contributed by atoms with Crippen molar-refractivity contribution in [3.05, 3.63) is 59.2 Å². The van der Waals surface area contributed by atoms with E-state index >= 15 is 0 Å². The second-order valence-corrected chi connectivity index (χ2v) is 5.58. The van der Waals surface area contributed by atoms with Crippen LogP contribution in [0.2, 0.25) is 5.02 Å². The van der Waals surface area contributed by atoms with E-state index in [-0.39, 0.29) is 12.5 Å². The van der Waals surface area contributed by atoms with E-state index in [0.717, 1.165) is 10.9 Å². The molecule has 4 N–H and O–H groups in total. The molecule has 122 valence electrons. The third-order valence-corrected chi connectivity index (χ3v) is 3.56. The van der Waals surface area contributed by atoms with E-state index < -0.39 is 5.91 Å². The fourth-order valence-corrected chi connectivity index (χ4v) is 2.39. The highest BCUT2D eigenvalue weighted by molar-refractivity contribution is 6.31. The van der Waals surface area contributed by atoms with E-state index in [1.165, 1.54) is 0 Å². The van der Waals surface area contributed by atoms with Crippen molar-refractivity contribution in [2.45, 2.75) is 0 Å². The normalized spacial score (nSPS) is 10.5. The molecular formula is C17H14ClN3O3. The van der Waals surface area contributed by atoms with Gasteiger partial charge in [-0.05, 0) is 48.5 Å². The molecule has 0 bridgehead atoms. The minimum Gasteiger partial charge on any atom is -0.484 e. The molecule has 0 unspecified atom stereocenters. The number of fused-ring (bicyclic) bond motifs is 1. The minimum atomic E-state index is -0.550. The molecular weight excluding hydrogens is 330 g/mol. The van der Waals surface area contributed by atoms with Gasteiger partial charge in [-0.1, -0.05) is 11.6 Å². The summed E-state index contributed by atoms with van der Waals surface area (Å²) >= 11 is 5.94. The fourth-order valence-electron chi connectivity index (χ4n) is 2.21. The first-order valence-corrected chi connectivity index (χ1v) is 7.50. The standard InChI is InChI=1S/C17H14ClN3O3/c18-11-1-6-14-10(7-11)8-15(21-14)17(23)20-12-2-4-13(5-3-12)24-9-16(19)22/h1-8,21H,9H2,(H2,19,22)(H,20,23). The number of primary amides is 1. The van der Waals surface area contributed by atoms with Gasteiger partial charge in [-0.15, -0.1) is 0 Å². The van der Waals surface area contributed by atoms with Crippen LogP contribution in [0.1, 0.15) is 10.5 Å². The van der Waals surface area contributed by atoms with Crippen LogP contribution in [0.5, 0.6) is 5.75 Å². The molecule has 6 nitrogen and oxygen atoms in total. The van der Waals surface area contributed by atoms with Crippen LogP contribution in [0.3, 0.4) is 0 Å². The third kappa shape index (κ3) is 3.67. The van der Waals surface area contributed by atoms with Crippen LogP contribution >= 0.6 is 11.6 Å². The van der Waals surface area contributed by atoms with E-state index in [1.54, 1.807) is 42.5 Å². The number of carbonyl (C=O) groups excluding carboxylic acids is 2. The number of anilines is 1. The maximum Gasteiger partial charge on any atom is 0.272 e. The predicted molar refractivity (Wildman–Crippen MR) is 92.4 cm³/mol. The van der Waals surface area contributed by atoms with Gasteiger partial charge in [0, 0.05) is 21.6 Å². The Labute approximate surface area is 142 Å². The van der Waals surface area contributed by atoms with E-state index in [1.807, 2.05) is 6.07 Å². The molecule has 0 radical (unpaired) electrons. The molecule has 24 heavy (non-hydrogen) atoms. The largest absolute Gasteiger partial charge is 0.484 e. The first-order chi connectivity index (χ1) is 11.5. The number of amides is 2. The van der Waals surface area contributed by atoms with Gasteiger partial charge < -0.3 is 20.8 Å². The van der Waals surface area contributed by atoms with Gasteiger partial charge in [0.15, 0.2) is 6.61 Å². The van der Waals surface area contributed by atoms with Gasteiger partial charge in [-0.3, -0.25) is 9.59 Å². The Balaban J connectivity index is 1.70. The van der Waals surface area contributed by atoms with Gasteiger partial charge in [0.25, 0.3) is 11.8 Å². The summed E-state index contributed by atoms with van der Waals surface area (Å²) < 4.78 is 5.16. The first kappa shape index (κ1) is 15.9. The molecule has 0 aliphatic heterocycles. The second kappa shape index (κ2) is 6.64. The highest BCUT2D eigenvalue weighted by Gasteiger charge is 2.10. The molecule has 2 amide bonds. The summed E-state index contributed by atoms with van der Waals surface area (Å²) in [5.74, 6) is -0.327. The van der Waals surface area contributed by atoms with Crippen LogP contribution in [-0.2, 0) is 4.79 Å². The van der Waals surface area contributed by atoms with Crippen molar-refractivity contribution in [3.8, 4) is 5.75 Å². The number of halogens is 1. The number of nitrogens with two attached hydrogens (primary N) is 1. The van der Waals surface area contributed by atoms with Crippen LogP contribution < -0.4 is 15.8 Å². The van der Waals surface area contributed by atoms with Crippen LogP contribution in [0.4, 0.5) is 5.69 Å². The topological polar surface area (TPSA) is 97.2 Å². The summed E-state index contributed by atoms with van der Waals surface area (Å²) in [6, 6.07) is 13.7. The average Bonchev–Trinajstić information content (AvgIpc) is 2.97. The van der Waals surface area contributed by atoms with Gasteiger partial charge in [0.05, 0.1) is 0 Å². The lowest BCUT2D eigenvalue weighted by Gasteiger charge is -2.06. The Kier molecular flexibility index (Phi) is 4.39. The summed E-state index contributed by atoms with van der Waals surface area (Å²) in [7, 11) is 0. The van der Waals surface area contributed by atoms with E-state index in [9.17, 15) is 9.59 Å². The van der Waals surface area contributed by atoms with E-state index in [4.69, 9.17) is 22.1 Å². The monoisotopic (exact) mass is 343 g/mol. The Morgan fingerprint density at radius 2 is 1.88 bits per heavy atom. The van der Waals surface area contributed by atoms with Crippen LogP contribution in [0.25, 0.3) is 10.9 Å². The molecule has 3 aromatic rings. The van der Waals surface area contributed by atoms with Gasteiger partial charge in [-0.25, -0.2) is 0 Å². The molecule has 0 spiro atoms. The van der Waals surface area contributed by atoms with Crippen molar-refractivity contribution in [2.24, 2.45) is 5.73 Å². The number of nitrogens with one attached hydrogen (secondary N) is 2. The SMILES string of the molecule is NC(=O)COc1ccc(NC(=O)c2cc3cc(Cl)ccc3[nH]2)cc1. The summed E-state index contributed by atoms with van der Waals surface area (Å²) in [6.45, 7) is -0.191. The molecule has 0 atom stereocenters. The van der Waals surface area contributed by atoms with Gasteiger partial charge in [-0.2, -0.15) is 0 Å². The number of carbonyl (C=O) groups is 2. The van der Waals surface area contributed by atoms with Crippen molar-refractivity contribution in [2.75, 3.05) is 11.9 Å². The number of aromatic nitrogens is 1. The summed E-state index contributed by atoms with van der Waals surface area (Å²) in [5.41, 5.74) is 6.87. The Hall–Kier alpha value is -2.99. The molecule has 1 aromatic heterocycles. The second-order valence-electron chi connectivity index (χ2n) is 5.15. The third-order valence-electron chi connectivity index (χ3n) is 3.32. The quantitative estimate of drug-likeness (QED) is 0.664. The van der Waals surface area contributed by atoms with Crippen molar-refractivity contribution >= 4 is 40.0 Å². The van der Waals surface area contributed by atoms with Crippen molar-refractivity contribution < 1.29 is 14.3 Å². The molecule has 0 saturated heterocycles. The number of hydrogen-bond donors (Lipinski definition) is 3. The summed E-state index contributed by atoms with van der Waals surface area (Å²) in [5, 5.41) is 4.25. The highest BCUT2D eigenvalue weighted by Crippen LogP contribution is 2.21. The fraction of sp³-hybridized carbons (Fsp3) is 0.0588. The number of ether oxygens (including phenoxy) is 1.